The van der Waals surface area contributed by atoms with Gasteiger partial charge in [0.05, 0.1) is 11.1 Å². The summed E-state index contributed by atoms with van der Waals surface area (Å²) in [5.74, 6) is 0. The minimum atomic E-state index is -4.41. The fraction of sp³-hybridized carbons (Fsp3) is 0.0526. The van der Waals surface area contributed by atoms with Gasteiger partial charge in [-0.15, -0.1) is 0 Å². The molecular weight excluding hydrogens is 313 g/mol. The summed E-state index contributed by atoms with van der Waals surface area (Å²) < 4.78 is 39.1. The second-order valence-electron chi connectivity index (χ2n) is 5.70. The van der Waals surface area contributed by atoms with Gasteiger partial charge in [0.1, 0.15) is 0 Å². The summed E-state index contributed by atoms with van der Waals surface area (Å²) in [4.78, 5) is 3.29. The summed E-state index contributed by atoms with van der Waals surface area (Å²) in [6.07, 6.45) is -4.41. The highest BCUT2D eigenvalue weighted by atomic mass is 19.4. The Balaban J connectivity index is 2.04. The van der Waals surface area contributed by atoms with Crippen LogP contribution in [-0.4, -0.2) is 4.98 Å². The van der Waals surface area contributed by atoms with Crippen molar-refractivity contribution in [2.45, 2.75) is 6.18 Å². The molecule has 2 nitrogen and oxygen atoms in total. The first-order chi connectivity index (χ1) is 11.4. The standard InChI is InChI=1S/C19H13F3N2/c20-19(21,22)11-8-9-16(23)15(10-11)14-6-3-5-13-12-4-1-2-7-17(12)24-18(13)14/h1-10,24H,23H2. The Kier molecular flexibility index (Phi) is 3.06. The quantitative estimate of drug-likeness (QED) is 0.440. The van der Waals surface area contributed by atoms with Gasteiger partial charge in [0.15, 0.2) is 0 Å². The van der Waals surface area contributed by atoms with Crippen molar-refractivity contribution in [3.63, 3.8) is 0 Å². The van der Waals surface area contributed by atoms with E-state index in [2.05, 4.69) is 4.98 Å². The molecule has 0 aliphatic heterocycles. The van der Waals surface area contributed by atoms with Crippen LogP contribution in [0.25, 0.3) is 32.9 Å². The molecule has 120 valence electrons. The summed E-state index contributed by atoms with van der Waals surface area (Å²) in [5.41, 5.74) is 8.33. The fourth-order valence-corrected chi connectivity index (χ4v) is 3.06. The normalized spacial score (nSPS) is 12.1. The predicted molar refractivity (Wildman–Crippen MR) is 90.7 cm³/mol. The van der Waals surface area contributed by atoms with E-state index >= 15 is 0 Å². The Morgan fingerprint density at radius 3 is 2.33 bits per heavy atom. The molecule has 1 heterocycles. The molecule has 0 radical (unpaired) electrons. The maximum atomic E-state index is 13.0. The third-order valence-corrected chi connectivity index (χ3v) is 4.21. The monoisotopic (exact) mass is 326 g/mol. The third-order valence-electron chi connectivity index (χ3n) is 4.21. The van der Waals surface area contributed by atoms with Gasteiger partial charge in [-0.3, -0.25) is 0 Å². The molecule has 0 amide bonds. The molecule has 0 fully saturated rings. The number of nitrogens with one attached hydrogen (secondary N) is 1. The van der Waals surface area contributed by atoms with E-state index in [1.54, 1.807) is 6.07 Å². The number of fused-ring (bicyclic) bond motifs is 3. The molecule has 0 bridgehead atoms. The van der Waals surface area contributed by atoms with E-state index in [4.69, 9.17) is 5.73 Å². The Bertz CT molecular complexity index is 1060. The van der Waals surface area contributed by atoms with Gasteiger partial charge in [-0.05, 0) is 24.3 Å². The van der Waals surface area contributed by atoms with Gasteiger partial charge >= 0.3 is 6.18 Å². The van der Waals surface area contributed by atoms with Crippen molar-refractivity contribution in [3.8, 4) is 11.1 Å². The molecule has 3 aromatic carbocycles. The first kappa shape index (κ1) is 14.6. The summed E-state index contributed by atoms with van der Waals surface area (Å²) in [6, 6.07) is 16.7. The molecule has 4 aromatic rings. The molecule has 4 rings (SSSR count). The van der Waals surface area contributed by atoms with Crippen LogP contribution in [0.2, 0.25) is 0 Å². The zero-order chi connectivity index (χ0) is 16.9. The largest absolute Gasteiger partial charge is 0.416 e. The van der Waals surface area contributed by atoms with Gasteiger partial charge in [-0.1, -0.05) is 36.4 Å². The summed E-state index contributed by atoms with van der Waals surface area (Å²) >= 11 is 0. The van der Waals surface area contributed by atoms with Gasteiger partial charge in [0.2, 0.25) is 0 Å². The van der Waals surface area contributed by atoms with Crippen LogP contribution >= 0.6 is 0 Å². The van der Waals surface area contributed by atoms with Crippen LogP contribution < -0.4 is 5.73 Å². The Morgan fingerprint density at radius 2 is 1.54 bits per heavy atom. The minimum absolute atomic E-state index is 0.314. The molecule has 0 saturated heterocycles. The van der Waals surface area contributed by atoms with Crippen LogP contribution in [0.3, 0.4) is 0 Å². The molecule has 5 heteroatoms. The lowest BCUT2D eigenvalue weighted by atomic mass is 9.98. The lowest BCUT2D eigenvalue weighted by Gasteiger charge is -2.12. The van der Waals surface area contributed by atoms with E-state index in [1.807, 2.05) is 36.4 Å². The topological polar surface area (TPSA) is 41.8 Å². The first-order valence-electron chi connectivity index (χ1n) is 7.42. The molecule has 0 atom stereocenters. The number of anilines is 1. The molecule has 0 aliphatic carbocycles. The van der Waals surface area contributed by atoms with Gasteiger partial charge in [-0.25, -0.2) is 0 Å². The second-order valence-corrected chi connectivity index (χ2v) is 5.70. The van der Waals surface area contributed by atoms with E-state index in [0.29, 0.717) is 16.8 Å². The predicted octanol–water partition coefficient (Wildman–Crippen LogP) is 5.59. The number of nitrogens with two attached hydrogens (primary N) is 1. The molecule has 0 aliphatic rings. The van der Waals surface area contributed by atoms with Crippen LogP contribution in [0.4, 0.5) is 18.9 Å². The zero-order valence-electron chi connectivity index (χ0n) is 12.5. The molecule has 1 aromatic heterocycles. The molecule has 0 unspecified atom stereocenters. The number of aromatic nitrogens is 1. The van der Waals surface area contributed by atoms with Gasteiger partial charge in [0, 0.05) is 33.1 Å². The van der Waals surface area contributed by atoms with Crippen LogP contribution in [-0.2, 0) is 6.18 Å². The lowest BCUT2D eigenvalue weighted by molar-refractivity contribution is -0.137. The van der Waals surface area contributed by atoms with Gasteiger partial charge in [0.25, 0.3) is 0 Å². The third kappa shape index (κ3) is 2.21. The van der Waals surface area contributed by atoms with Crippen molar-refractivity contribution >= 4 is 27.5 Å². The Morgan fingerprint density at radius 1 is 0.792 bits per heavy atom. The Hall–Kier alpha value is -2.95. The average Bonchev–Trinajstić information content (AvgIpc) is 2.93. The van der Waals surface area contributed by atoms with Crippen molar-refractivity contribution in [1.29, 1.82) is 0 Å². The maximum Gasteiger partial charge on any atom is 0.416 e. The SMILES string of the molecule is Nc1ccc(C(F)(F)F)cc1-c1cccc2c1[nH]c1ccccc12. The highest BCUT2D eigenvalue weighted by Gasteiger charge is 2.31. The number of halogens is 3. The number of nitrogen functional groups attached to an aromatic ring is 1. The summed E-state index contributed by atoms with van der Waals surface area (Å²) in [7, 11) is 0. The van der Waals surface area contributed by atoms with Crippen molar-refractivity contribution in [1.82, 2.24) is 4.98 Å². The molecule has 0 saturated carbocycles. The number of hydrogen-bond acceptors (Lipinski definition) is 1. The van der Waals surface area contributed by atoms with E-state index in [1.165, 1.54) is 6.07 Å². The van der Waals surface area contributed by atoms with Gasteiger partial charge < -0.3 is 10.7 Å². The summed E-state index contributed by atoms with van der Waals surface area (Å²) in [6.45, 7) is 0. The fourth-order valence-electron chi connectivity index (χ4n) is 3.06. The van der Waals surface area contributed by atoms with Crippen molar-refractivity contribution in [2.24, 2.45) is 0 Å². The summed E-state index contributed by atoms with van der Waals surface area (Å²) in [5, 5.41) is 1.99. The number of aromatic amines is 1. The van der Waals surface area contributed by atoms with Crippen LogP contribution in [0, 0.1) is 0 Å². The number of alkyl halides is 3. The zero-order valence-corrected chi connectivity index (χ0v) is 12.5. The lowest BCUT2D eigenvalue weighted by Crippen LogP contribution is -2.05. The van der Waals surface area contributed by atoms with E-state index < -0.39 is 11.7 Å². The first-order valence-corrected chi connectivity index (χ1v) is 7.42. The van der Waals surface area contributed by atoms with Crippen molar-refractivity contribution in [3.05, 3.63) is 66.2 Å². The minimum Gasteiger partial charge on any atom is -0.398 e. The van der Waals surface area contributed by atoms with Crippen LogP contribution in [0.1, 0.15) is 5.56 Å². The van der Waals surface area contributed by atoms with Crippen LogP contribution in [0.15, 0.2) is 60.7 Å². The maximum absolute atomic E-state index is 13.0. The number of para-hydroxylation sites is 2. The van der Waals surface area contributed by atoms with Gasteiger partial charge in [-0.2, -0.15) is 13.2 Å². The highest BCUT2D eigenvalue weighted by molar-refractivity contribution is 6.12. The van der Waals surface area contributed by atoms with E-state index in [9.17, 15) is 13.2 Å². The van der Waals surface area contributed by atoms with E-state index in [0.717, 1.165) is 33.9 Å². The molecule has 24 heavy (non-hydrogen) atoms. The number of hydrogen-bond donors (Lipinski definition) is 2. The smallest absolute Gasteiger partial charge is 0.398 e. The average molecular weight is 326 g/mol. The van der Waals surface area contributed by atoms with Crippen LogP contribution in [0.5, 0.6) is 0 Å². The number of H-pyrrole nitrogens is 1. The molecular formula is C19H13F3N2. The van der Waals surface area contributed by atoms with Crippen molar-refractivity contribution in [2.75, 3.05) is 5.73 Å². The highest BCUT2D eigenvalue weighted by Crippen LogP contribution is 2.38. The van der Waals surface area contributed by atoms with Crippen molar-refractivity contribution < 1.29 is 13.2 Å². The second kappa shape index (κ2) is 5.03. The number of rotatable bonds is 1. The Labute approximate surface area is 135 Å². The number of benzene rings is 3. The molecule has 3 N–H and O–H groups in total. The molecule has 0 spiro atoms. The van der Waals surface area contributed by atoms with E-state index in [-0.39, 0.29) is 0 Å².